The van der Waals surface area contributed by atoms with Gasteiger partial charge in [0.1, 0.15) is 6.07 Å². The van der Waals surface area contributed by atoms with Crippen LogP contribution < -0.4 is 4.90 Å². The van der Waals surface area contributed by atoms with Crippen molar-refractivity contribution in [3.05, 3.63) is 53.2 Å². The number of nitriles is 2. The van der Waals surface area contributed by atoms with E-state index in [1.807, 2.05) is 30.1 Å². The third-order valence-corrected chi connectivity index (χ3v) is 2.66. The molecule has 0 amide bonds. The fourth-order valence-electron chi connectivity index (χ4n) is 1.78. The number of benzene rings is 1. The van der Waals surface area contributed by atoms with Crippen LogP contribution in [0.4, 0.5) is 5.82 Å². The highest BCUT2D eigenvalue weighted by Gasteiger charge is 2.09. The van der Waals surface area contributed by atoms with Gasteiger partial charge in [0, 0.05) is 13.6 Å². The molecule has 0 fully saturated rings. The fraction of sp³-hybridized carbons (Fsp3) is 0.143. The molecule has 1 aromatic heterocycles. The highest BCUT2D eigenvalue weighted by Crippen LogP contribution is 2.16. The molecule has 92 valence electrons. The van der Waals surface area contributed by atoms with Crippen LogP contribution in [0.1, 0.15) is 16.7 Å². The van der Waals surface area contributed by atoms with Crippen LogP contribution in [-0.2, 0) is 6.54 Å². The van der Waals surface area contributed by atoms with Gasteiger partial charge in [0.25, 0.3) is 0 Å². The van der Waals surface area contributed by atoms with E-state index in [-0.39, 0.29) is 0 Å². The first kappa shape index (κ1) is 12.5. The molecule has 0 aliphatic heterocycles. The van der Waals surface area contributed by atoms with Crippen molar-refractivity contribution in [3.8, 4) is 12.1 Å². The van der Waals surface area contributed by atoms with E-state index in [0.29, 0.717) is 23.5 Å². The topological polar surface area (TPSA) is 76.6 Å². The van der Waals surface area contributed by atoms with Gasteiger partial charge in [-0.25, -0.2) is 0 Å². The van der Waals surface area contributed by atoms with Gasteiger partial charge in [0.2, 0.25) is 0 Å². The number of rotatable bonds is 3. The van der Waals surface area contributed by atoms with E-state index >= 15 is 0 Å². The molecule has 0 atom stereocenters. The first-order valence-electron chi connectivity index (χ1n) is 5.66. The van der Waals surface area contributed by atoms with Crippen LogP contribution >= 0.6 is 0 Å². The molecule has 0 spiro atoms. The summed E-state index contributed by atoms with van der Waals surface area (Å²) >= 11 is 0. The van der Waals surface area contributed by atoms with E-state index in [1.165, 1.54) is 6.20 Å². The second-order valence-electron chi connectivity index (χ2n) is 4.05. The van der Waals surface area contributed by atoms with Gasteiger partial charge in [-0.15, -0.1) is 5.10 Å². The largest absolute Gasteiger partial charge is 0.353 e. The molecular weight excluding hydrogens is 238 g/mol. The van der Waals surface area contributed by atoms with Crippen molar-refractivity contribution in [3.63, 3.8) is 0 Å². The molecule has 0 unspecified atom stereocenters. The summed E-state index contributed by atoms with van der Waals surface area (Å²) < 4.78 is 0. The highest BCUT2D eigenvalue weighted by molar-refractivity contribution is 5.52. The summed E-state index contributed by atoms with van der Waals surface area (Å²) in [7, 11) is 1.84. The summed E-state index contributed by atoms with van der Waals surface area (Å²) in [5.74, 6) is 0.535. The van der Waals surface area contributed by atoms with Gasteiger partial charge in [-0.1, -0.05) is 12.1 Å². The molecular formula is C14H11N5. The Bertz CT molecular complexity index is 666. The monoisotopic (exact) mass is 249 g/mol. The fourth-order valence-corrected chi connectivity index (χ4v) is 1.78. The van der Waals surface area contributed by atoms with Gasteiger partial charge in [-0.2, -0.15) is 15.6 Å². The van der Waals surface area contributed by atoms with Gasteiger partial charge >= 0.3 is 0 Å². The van der Waals surface area contributed by atoms with Crippen LogP contribution in [-0.4, -0.2) is 17.2 Å². The highest BCUT2D eigenvalue weighted by atomic mass is 15.2. The lowest BCUT2D eigenvalue weighted by Crippen LogP contribution is -2.19. The summed E-state index contributed by atoms with van der Waals surface area (Å²) in [5.41, 5.74) is 2.08. The number of hydrogen-bond donors (Lipinski definition) is 0. The predicted octanol–water partition coefficient (Wildman–Crippen LogP) is 1.86. The standard InChI is InChI=1S/C14H11N5/c1-19(14-13(9-16)5-6-17-18-14)10-12-4-2-3-11(7-12)8-15/h2-7H,10H2,1H3. The molecule has 2 rings (SSSR count). The summed E-state index contributed by atoms with van der Waals surface area (Å²) in [6, 6.07) is 13.2. The lowest BCUT2D eigenvalue weighted by molar-refractivity contribution is 0.862. The normalized spacial score (nSPS) is 9.42. The Morgan fingerprint density at radius 3 is 2.79 bits per heavy atom. The Kier molecular flexibility index (Phi) is 3.70. The van der Waals surface area contributed by atoms with Crippen molar-refractivity contribution in [2.45, 2.75) is 6.54 Å². The molecule has 5 nitrogen and oxygen atoms in total. The van der Waals surface area contributed by atoms with E-state index in [0.717, 1.165) is 5.56 Å². The van der Waals surface area contributed by atoms with Crippen molar-refractivity contribution in [1.29, 1.82) is 10.5 Å². The van der Waals surface area contributed by atoms with E-state index in [1.54, 1.807) is 12.1 Å². The molecule has 2 aromatic rings. The molecule has 1 aromatic carbocycles. The van der Waals surface area contributed by atoms with Crippen LogP contribution in [0.2, 0.25) is 0 Å². The van der Waals surface area contributed by atoms with Gasteiger partial charge in [0.05, 0.1) is 23.4 Å². The Balaban J connectivity index is 2.24. The van der Waals surface area contributed by atoms with Crippen LogP contribution in [0.5, 0.6) is 0 Å². The lowest BCUT2D eigenvalue weighted by Gasteiger charge is -2.18. The maximum Gasteiger partial charge on any atom is 0.169 e. The maximum absolute atomic E-state index is 9.03. The Morgan fingerprint density at radius 2 is 2.05 bits per heavy atom. The molecule has 5 heteroatoms. The van der Waals surface area contributed by atoms with Gasteiger partial charge in [-0.05, 0) is 23.8 Å². The molecule has 0 saturated carbocycles. The number of anilines is 1. The van der Waals surface area contributed by atoms with E-state index in [9.17, 15) is 0 Å². The minimum absolute atomic E-state index is 0.480. The zero-order chi connectivity index (χ0) is 13.7. The maximum atomic E-state index is 9.03. The van der Waals surface area contributed by atoms with E-state index < -0.39 is 0 Å². The van der Waals surface area contributed by atoms with Crippen molar-refractivity contribution in [1.82, 2.24) is 10.2 Å². The molecule has 0 aliphatic rings. The number of nitrogens with zero attached hydrogens (tertiary/aromatic N) is 5. The van der Waals surface area contributed by atoms with E-state index in [2.05, 4.69) is 22.3 Å². The van der Waals surface area contributed by atoms with Crippen LogP contribution in [0.15, 0.2) is 36.5 Å². The predicted molar refractivity (Wildman–Crippen MR) is 70.0 cm³/mol. The number of hydrogen-bond acceptors (Lipinski definition) is 5. The first-order chi connectivity index (χ1) is 9.24. The quantitative estimate of drug-likeness (QED) is 0.829. The minimum atomic E-state index is 0.480. The second-order valence-corrected chi connectivity index (χ2v) is 4.05. The van der Waals surface area contributed by atoms with Crippen molar-refractivity contribution >= 4 is 5.82 Å². The lowest BCUT2D eigenvalue weighted by atomic mass is 10.1. The molecule has 0 saturated heterocycles. The number of aromatic nitrogens is 2. The van der Waals surface area contributed by atoms with Crippen LogP contribution in [0.3, 0.4) is 0 Å². The summed E-state index contributed by atoms with van der Waals surface area (Å²) in [4.78, 5) is 1.84. The Hall–Kier alpha value is -2.92. The van der Waals surface area contributed by atoms with Gasteiger partial charge < -0.3 is 4.90 Å². The third-order valence-electron chi connectivity index (χ3n) is 2.66. The molecule has 0 radical (unpaired) electrons. The Morgan fingerprint density at radius 1 is 1.21 bits per heavy atom. The zero-order valence-corrected chi connectivity index (χ0v) is 10.4. The summed E-state index contributed by atoms with van der Waals surface area (Å²) in [6.07, 6.45) is 1.49. The molecule has 19 heavy (non-hydrogen) atoms. The van der Waals surface area contributed by atoms with Crippen molar-refractivity contribution in [2.75, 3.05) is 11.9 Å². The molecule has 0 N–H and O–H groups in total. The molecule has 1 heterocycles. The summed E-state index contributed by atoms with van der Waals surface area (Å²) in [5, 5.41) is 25.7. The van der Waals surface area contributed by atoms with Gasteiger partial charge in [-0.3, -0.25) is 0 Å². The molecule has 0 aliphatic carbocycles. The van der Waals surface area contributed by atoms with E-state index in [4.69, 9.17) is 10.5 Å². The third kappa shape index (κ3) is 2.85. The molecule has 0 bridgehead atoms. The van der Waals surface area contributed by atoms with Crippen LogP contribution in [0.25, 0.3) is 0 Å². The zero-order valence-electron chi connectivity index (χ0n) is 10.4. The van der Waals surface area contributed by atoms with Crippen LogP contribution in [0, 0.1) is 22.7 Å². The second kappa shape index (κ2) is 5.61. The average Bonchev–Trinajstić information content (AvgIpc) is 2.47. The van der Waals surface area contributed by atoms with Crippen molar-refractivity contribution < 1.29 is 0 Å². The average molecular weight is 249 g/mol. The minimum Gasteiger partial charge on any atom is -0.353 e. The summed E-state index contributed by atoms with van der Waals surface area (Å²) in [6.45, 7) is 0.558. The van der Waals surface area contributed by atoms with Gasteiger partial charge in [0.15, 0.2) is 5.82 Å². The SMILES string of the molecule is CN(Cc1cccc(C#N)c1)c1nnccc1C#N. The van der Waals surface area contributed by atoms with Crippen molar-refractivity contribution in [2.24, 2.45) is 0 Å². The smallest absolute Gasteiger partial charge is 0.169 e. The first-order valence-corrected chi connectivity index (χ1v) is 5.66. The Labute approximate surface area is 111 Å².